The molecule has 0 fully saturated rings. The van der Waals surface area contributed by atoms with Crippen LogP contribution < -0.4 is 27.4 Å². The predicted octanol–water partition coefficient (Wildman–Crippen LogP) is 0.194. The van der Waals surface area contributed by atoms with Gasteiger partial charge in [0.2, 0.25) is 0 Å². The number of aromatic carboxylic acids is 2. The Kier molecular flexibility index (Phi) is 5.55. The first-order chi connectivity index (χ1) is 11.0. The number of hydrogen-bond donors (Lipinski definition) is 5. The molecule has 2 aromatic rings. The molecule has 0 heterocycles. The molecule has 2 rings (SSSR count). The average Bonchev–Trinajstić information content (AvgIpc) is 2.53. The Balaban J connectivity index is 2.21. The van der Waals surface area contributed by atoms with Crippen LogP contribution in [0.2, 0.25) is 0 Å². The quantitative estimate of drug-likeness (QED) is 0.355. The standard InChI is InChI=1S/C14H14N4O4S/c15-17-18-16-10-1-3-11(4-2-10)23-12-6-8(13(19)20)5-9(7-12)14(21)22/h1-7,16-18H,15H2,(H,19,20)(H,21,22)/p-1. The minimum Gasteiger partial charge on any atom is -0.545 e. The second kappa shape index (κ2) is 7.61. The monoisotopic (exact) mass is 333 g/mol. The van der Waals surface area contributed by atoms with E-state index in [9.17, 15) is 14.7 Å². The van der Waals surface area contributed by atoms with Crippen LogP contribution in [0.15, 0.2) is 52.3 Å². The normalized spacial score (nSPS) is 10.3. The minimum atomic E-state index is -1.42. The Morgan fingerprint density at radius 3 is 2.26 bits per heavy atom. The first-order valence-corrected chi connectivity index (χ1v) is 7.15. The van der Waals surface area contributed by atoms with Gasteiger partial charge in [-0.2, -0.15) is 11.1 Å². The lowest BCUT2D eigenvalue weighted by atomic mass is 10.1. The fourth-order valence-corrected chi connectivity index (χ4v) is 2.67. The van der Waals surface area contributed by atoms with Crippen molar-refractivity contribution in [2.45, 2.75) is 9.79 Å². The van der Waals surface area contributed by atoms with Crippen LogP contribution in [0, 0.1) is 0 Å². The Bertz CT molecular complexity index is 689. The highest BCUT2D eigenvalue weighted by Crippen LogP contribution is 2.30. The van der Waals surface area contributed by atoms with Crippen molar-refractivity contribution in [1.29, 1.82) is 0 Å². The highest BCUT2D eigenvalue weighted by Gasteiger charge is 2.09. The third kappa shape index (κ3) is 4.69. The lowest BCUT2D eigenvalue weighted by Crippen LogP contribution is -2.41. The molecule has 0 aliphatic heterocycles. The molecule has 0 aliphatic rings. The molecule has 0 saturated carbocycles. The fraction of sp³-hybridized carbons (Fsp3) is 0. The van der Waals surface area contributed by atoms with Crippen molar-refractivity contribution in [3.63, 3.8) is 0 Å². The van der Waals surface area contributed by atoms with Crippen molar-refractivity contribution in [3.05, 3.63) is 53.6 Å². The van der Waals surface area contributed by atoms with Crippen molar-refractivity contribution >= 4 is 29.4 Å². The summed E-state index contributed by atoms with van der Waals surface area (Å²) >= 11 is 1.24. The van der Waals surface area contributed by atoms with Gasteiger partial charge in [-0.3, -0.25) is 5.84 Å². The van der Waals surface area contributed by atoms with Crippen LogP contribution in [0.25, 0.3) is 0 Å². The van der Waals surface area contributed by atoms with E-state index >= 15 is 0 Å². The third-order valence-electron chi connectivity index (χ3n) is 2.76. The second-order valence-corrected chi connectivity index (χ2v) is 5.51. The van der Waals surface area contributed by atoms with Crippen LogP contribution >= 0.6 is 11.8 Å². The fourth-order valence-electron chi connectivity index (χ4n) is 1.75. The molecule has 0 atom stereocenters. The van der Waals surface area contributed by atoms with Gasteiger partial charge < -0.3 is 20.4 Å². The van der Waals surface area contributed by atoms with E-state index in [0.29, 0.717) is 4.90 Å². The number of hydrogen-bond acceptors (Lipinski definition) is 8. The van der Waals surface area contributed by atoms with Crippen LogP contribution in [-0.4, -0.2) is 17.0 Å². The Morgan fingerprint density at radius 2 is 1.70 bits per heavy atom. The van der Waals surface area contributed by atoms with E-state index in [1.807, 2.05) is 0 Å². The van der Waals surface area contributed by atoms with Crippen LogP contribution in [0.4, 0.5) is 5.69 Å². The molecular formula is C14H13N4O4S-. The van der Waals surface area contributed by atoms with E-state index in [1.165, 1.54) is 23.9 Å². The molecule has 2 aromatic carbocycles. The van der Waals surface area contributed by atoms with Crippen LogP contribution in [0.3, 0.4) is 0 Å². The first-order valence-electron chi connectivity index (χ1n) is 6.34. The molecule has 0 radical (unpaired) electrons. The molecule has 0 bridgehead atoms. The van der Waals surface area contributed by atoms with Crippen LogP contribution in [0.5, 0.6) is 0 Å². The third-order valence-corrected chi connectivity index (χ3v) is 3.74. The maximum absolute atomic E-state index is 11.1. The zero-order chi connectivity index (χ0) is 16.8. The summed E-state index contributed by atoms with van der Waals surface area (Å²) < 4.78 is 0. The van der Waals surface area contributed by atoms with Gasteiger partial charge in [-0.1, -0.05) is 11.8 Å². The van der Waals surface area contributed by atoms with Crippen LogP contribution in [-0.2, 0) is 0 Å². The molecule has 23 heavy (non-hydrogen) atoms. The highest BCUT2D eigenvalue weighted by atomic mass is 32.2. The molecular weight excluding hydrogens is 320 g/mol. The van der Waals surface area contributed by atoms with Gasteiger partial charge in [-0.05, 0) is 48.0 Å². The van der Waals surface area contributed by atoms with Gasteiger partial charge in [0.25, 0.3) is 0 Å². The molecule has 0 spiro atoms. The summed E-state index contributed by atoms with van der Waals surface area (Å²) in [6, 6.07) is 11.0. The summed E-state index contributed by atoms with van der Waals surface area (Å²) in [5.41, 5.74) is 7.97. The summed E-state index contributed by atoms with van der Waals surface area (Å²) in [4.78, 5) is 23.4. The van der Waals surface area contributed by atoms with Gasteiger partial charge in [0.05, 0.1) is 17.2 Å². The number of carbonyl (C=O) groups is 2. The van der Waals surface area contributed by atoms with Gasteiger partial charge >= 0.3 is 5.97 Å². The van der Waals surface area contributed by atoms with Gasteiger partial charge in [0, 0.05) is 9.79 Å². The predicted molar refractivity (Wildman–Crippen MR) is 82.4 cm³/mol. The average molecular weight is 333 g/mol. The number of carboxylic acids is 2. The van der Waals surface area contributed by atoms with Crippen molar-refractivity contribution < 1.29 is 19.8 Å². The number of carboxylic acid groups (broad SMARTS) is 2. The second-order valence-electron chi connectivity index (χ2n) is 4.36. The van der Waals surface area contributed by atoms with Gasteiger partial charge in [0.1, 0.15) is 0 Å². The largest absolute Gasteiger partial charge is 0.545 e. The SMILES string of the molecule is NNNNc1ccc(Sc2cc(C(=O)[O-])cc(C(=O)O)c2)cc1. The number of benzene rings is 2. The number of hydrazine groups is 3. The maximum Gasteiger partial charge on any atom is 0.335 e. The highest BCUT2D eigenvalue weighted by molar-refractivity contribution is 7.99. The number of carbonyl (C=O) groups excluding carboxylic acids is 1. The molecule has 8 nitrogen and oxygen atoms in total. The Hall–Kier alpha value is -2.59. The topological polar surface area (TPSA) is 140 Å². The molecule has 0 unspecified atom stereocenters. The Morgan fingerprint density at radius 1 is 1.04 bits per heavy atom. The van der Waals surface area contributed by atoms with E-state index < -0.39 is 11.9 Å². The zero-order valence-corrected chi connectivity index (χ0v) is 12.5. The molecule has 0 amide bonds. The van der Waals surface area contributed by atoms with Crippen molar-refractivity contribution in [1.82, 2.24) is 11.1 Å². The van der Waals surface area contributed by atoms with Crippen molar-refractivity contribution in [2.24, 2.45) is 5.84 Å². The first kappa shape index (κ1) is 16.8. The number of nitrogens with two attached hydrogens (primary N) is 1. The molecule has 0 saturated heterocycles. The molecule has 6 N–H and O–H groups in total. The molecule has 0 aromatic heterocycles. The smallest absolute Gasteiger partial charge is 0.335 e. The van der Waals surface area contributed by atoms with E-state index in [-0.39, 0.29) is 11.1 Å². The maximum atomic E-state index is 11.1. The minimum absolute atomic E-state index is 0.106. The van der Waals surface area contributed by atoms with Gasteiger partial charge in [-0.15, -0.1) is 0 Å². The van der Waals surface area contributed by atoms with E-state index in [4.69, 9.17) is 10.9 Å². The van der Waals surface area contributed by atoms with Crippen molar-refractivity contribution in [3.8, 4) is 0 Å². The zero-order valence-electron chi connectivity index (χ0n) is 11.7. The molecule has 0 aliphatic carbocycles. The summed E-state index contributed by atoms with van der Waals surface area (Å²) in [5.74, 6) is 2.44. The molecule has 120 valence electrons. The summed E-state index contributed by atoms with van der Waals surface area (Å²) in [5, 5.41) is 20.0. The van der Waals surface area contributed by atoms with E-state index in [2.05, 4.69) is 16.5 Å². The summed E-state index contributed by atoms with van der Waals surface area (Å²) in [7, 11) is 0. The Labute approximate surface area is 135 Å². The molecule has 9 heteroatoms. The summed E-state index contributed by atoms with van der Waals surface area (Å²) in [6.45, 7) is 0. The van der Waals surface area contributed by atoms with Gasteiger partial charge in [0.15, 0.2) is 0 Å². The lowest BCUT2D eigenvalue weighted by molar-refractivity contribution is -0.255. The number of anilines is 1. The number of rotatable bonds is 7. The lowest BCUT2D eigenvalue weighted by Gasteiger charge is -2.10. The van der Waals surface area contributed by atoms with E-state index in [0.717, 1.165) is 16.6 Å². The van der Waals surface area contributed by atoms with Gasteiger partial charge in [-0.25, -0.2) is 4.79 Å². The van der Waals surface area contributed by atoms with Crippen LogP contribution in [0.1, 0.15) is 20.7 Å². The number of nitrogens with one attached hydrogen (secondary N) is 3. The van der Waals surface area contributed by atoms with E-state index in [1.54, 1.807) is 24.3 Å². The van der Waals surface area contributed by atoms with Crippen molar-refractivity contribution in [2.75, 3.05) is 5.43 Å². The summed E-state index contributed by atoms with van der Waals surface area (Å²) in [6.07, 6.45) is 0.